The molecule has 0 bridgehead atoms. The van der Waals surface area contributed by atoms with Crippen LogP contribution in [0.3, 0.4) is 0 Å². The molecule has 1 aromatic heterocycles. The van der Waals surface area contributed by atoms with Crippen LogP contribution in [-0.2, 0) is 11.4 Å². The number of aromatic nitrogens is 1. The third-order valence-electron chi connectivity index (χ3n) is 3.17. The monoisotopic (exact) mass is 330 g/mol. The second kappa shape index (κ2) is 9.10. The highest BCUT2D eigenvalue weighted by Gasteiger charge is 2.01. The predicted octanol–water partition coefficient (Wildman–Crippen LogP) is 3.96. The normalized spacial score (nSPS) is 10.9. The summed E-state index contributed by atoms with van der Waals surface area (Å²) in [5, 5.41) is 5.89. The van der Waals surface area contributed by atoms with Crippen LogP contribution >= 0.6 is 11.3 Å². The lowest BCUT2D eigenvalue weighted by molar-refractivity contribution is -0.116. The molecule has 0 aliphatic carbocycles. The number of nitrogens with one attached hydrogen (secondary N) is 1. The first-order chi connectivity index (χ1) is 11.2. The van der Waals surface area contributed by atoms with Crippen molar-refractivity contribution in [1.29, 1.82) is 0 Å². The number of amides is 1. The molecule has 0 saturated heterocycles. The fourth-order valence-electron chi connectivity index (χ4n) is 1.96. The van der Waals surface area contributed by atoms with Crippen LogP contribution < -0.4 is 10.1 Å². The lowest BCUT2D eigenvalue weighted by atomic mass is 10.2. The Morgan fingerprint density at radius 2 is 2.30 bits per heavy atom. The van der Waals surface area contributed by atoms with Crippen molar-refractivity contribution in [2.45, 2.75) is 33.3 Å². The van der Waals surface area contributed by atoms with Gasteiger partial charge in [0.15, 0.2) is 0 Å². The largest absolute Gasteiger partial charge is 0.487 e. The Balaban J connectivity index is 1.87. The van der Waals surface area contributed by atoms with E-state index in [0.717, 1.165) is 41.4 Å². The van der Waals surface area contributed by atoms with E-state index in [1.165, 1.54) is 0 Å². The number of benzene rings is 1. The van der Waals surface area contributed by atoms with Gasteiger partial charge >= 0.3 is 0 Å². The average molecular weight is 330 g/mol. The molecular weight excluding hydrogens is 308 g/mol. The molecule has 0 aliphatic heterocycles. The first-order valence-corrected chi connectivity index (χ1v) is 8.65. The number of unbranched alkanes of at least 4 members (excludes halogenated alkanes) is 1. The van der Waals surface area contributed by atoms with Crippen LogP contribution in [0.4, 0.5) is 0 Å². The molecule has 23 heavy (non-hydrogen) atoms. The number of aryl methyl sites for hydroxylation is 1. The first-order valence-electron chi connectivity index (χ1n) is 7.77. The highest BCUT2D eigenvalue weighted by atomic mass is 32.1. The predicted molar refractivity (Wildman–Crippen MR) is 94.6 cm³/mol. The average Bonchev–Trinajstić information content (AvgIpc) is 2.97. The molecule has 0 aliphatic rings. The van der Waals surface area contributed by atoms with Crippen molar-refractivity contribution in [3.8, 4) is 5.75 Å². The number of carbonyl (C=O) groups excluding carboxylic acids is 1. The highest BCUT2D eigenvalue weighted by Crippen LogP contribution is 2.17. The Morgan fingerprint density at radius 3 is 3.04 bits per heavy atom. The van der Waals surface area contributed by atoms with E-state index in [1.54, 1.807) is 23.5 Å². The minimum Gasteiger partial charge on any atom is -0.487 e. The standard InChI is InChI=1S/C18H22N2O2S/c1-3-4-10-19-18(21)9-8-15-6-5-7-17(11-15)22-12-16-13-23-14(2)20-16/h5-9,11,13H,3-4,10,12H2,1-2H3,(H,19,21)/b9-8+. The Morgan fingerprint density at radius 1 is 1.43 bits per heavy atom. The number of carbonyl (C=O) groups is 1. The lowest BCUT2D eigenvalue weighted by Gasteiger charge is -2.05. The summed E-state index contributed by atoms with van der Waals surface area (Å²) in [4.78, 5) is 16.0. The summed E-state index contributed by atoms with van der Waals surface area (Å²) in [6, 6.07) is 7.67. The van der Waals surface area contributed by atoms with Gasteiger partial charge in [-0.2, -0.15) is 0 Å². The Bertz CT molecular complexity index is 665. The summed E-state index contributed by atoms with van der Waals surface area (Å²) >= 11 is 1.62. The van der Waals surface area contributed by atoms with Crippen LogP contribution in [0, 0.1) is 6.92 Å². The van der Waals surface area contributed by atoms with E-state index in [4.69, 9.17) is 4.74 Å². The molecule has 0 atom stereocenters. The summed E-state index contributed by atoms with van der Waals surface area (Å²) in [5.41, 5.74) is 1.87. The van der Waals surface area contributed by atoms with E-state index in [9.17, 15) is 4.79 Å². The van der Waals surface area contributed by atoms with Crippen LogP contribution in [0.15, 0.2) is 35.7 Å². The molecule has 0 saturated carbocycles. The number of rotatable bonds is 8. The van der Waals surface area contributed by atoms with Gasteiger partial charge in [0, 0.05) is 18.0 Å². The van der Waals surface area contributed by atoms with Gasteiger partial charge in [0.25, 0.3) is 0 Å². The topological polar surface area (TPSA) is 51.2 Å². The van der Waals surface area contributed by atoms with E-state index < -0.39 is 0 Å². The van der Waals surface area contributed by atoms with Crippen LogP contribution in [0.25, 0.3) is 6.08 Å². The zero-order valence-corrected chi connectivity index (χ0v) is 14.4. The fourth-order valence-corrected chi connectivity index (χ4v) is 2.56. The van der Waals surface area contributed by atoms with Crippen molar-refractivity contribution in [2.24, 2.45) is 0 Å². The molecule has 122 valence electrons. The number of hydrogen-bond donors (Lipinski definition) is 1. The van der Waals surface area contributed by atoms with Crippen LogP contribution in [0.1, 0.15) is 36.0 Å². The Kier molecular flexibility index (Phi) is 6.81. The van der Waals surface area contributed by atoms with Gasteiger partial charge in [-0.15, -0.1) is 11.3 Å². The van der Waals surface area contributed by atoms with Gasteiger partial charge in [-0.3, -0.25) is 4.79 Å². The first kappa shape index (κ1) is 17.2. The number of hydrogen-bond acceptors (Lipinski definition) is 4. The molecular formula is C18H22N2O2S. The molecule has 0 radical (unpaired) electrons. The van der Waals surface area contributed by atoms with Gasteiger partial charge in [-0.05, 0) is 37.1 Å². The lowest BCUT2D eigenvalue weighted by Crippen LogP contribution is -2.21. The van der Waals surface area contributed by atoms with Crippen LogP contribution in [0.2, 0.25) is 0 Å². The molecule has 0 fully saturated rings. The second-order valence-electron chi connectivity index (χ2n) is 5.20. The quantitative estimate of drug-likeness (QED) is 0.589. The SMILES string of the molecule is CCCCNC(=O)/C=C/c1cccc(OCc2csc(C)n2)c1. The molecule has 2 rings (SSSR count). The van der Waals surface area contributed by atoms with Gasteiger partial charge in [-0.25, -0.2) is 4.98 Å². The summed E-state index contributed by atoms with van der Waals surface area (Å²) in [6.45, 7) is 5.25. The fraction of sp³-hybridized carbons (Fsp3) is 0.333. The molecule has 1 heterocycles. The number of nitrogens with zero attached hydrogens (tertiary/aromatic N) is 1. The molecule has 0 spiro atoms. The summed E-state index contributed by atoms with van der Waals surface area (Å²) in [5.74, 6) is 0.701. The molecule has 1 N–H and O–H groups in total. The Hall–Kier alpha value is -2.14. The van der Waals surface area contributed by atoms with Crippen molar-refractivity contribution in [2.75, 3.05) is 6.54 Å². The second-order valence-corrected chi connectivity index (χ2v) is 6.26. The minimum atomic E-state index is -0.0669. The van der Waals surface area contributed by atoms with Gasteiger partial charge in [0.2, 0.25) is 5.91 Å². The third kappa shape index (κ3) is 6.24. The van der Waals surface area contributed by atoms with Crippen LogP contribution in [-0.4, -0.2) is 17.4 Å². The van der Waals surface area contributed by atoms with Crippen molar-refractivity contribution in [3.63, 3.8) is 0 Å². The summed E-state index contributed by atoms with van der Waals surface area (Å²) < 4.78 is 5.74. The van der Waals surface area contributed by atoms with Gasteiger partial charge in [-0.1, -0.05) is 25.5 Å². The number of thiazole rings is 1. The van der Waals surface area contributed by atoms with Crippen molar-refractivity contribution >= 4 is 23.3 Å². The summed E-state index contributed by atoms with van der Waals surface area (Å²) in [7, 11) is 0. The maximum atomic E-state index is 11.7. The molecule has 4 nitrogen and oxygen atoms in total. The Labute approximate surface area is 141 Å². The van der Waals surface area contributed by atoms with Crippen molar-refractivity contribution in [1.82, 2.24) is 10.3 Å². The van der Waals surface area contributed by atoms with Crippen molar-refractivity contribution in [3.05, 3.63) is 52.0 Å². The van der Waals surface area contributed by atoms with Crippen LogP contribution in [0.5, 0.6) is 5.75 Å². The zero-order valence-electron chi connectivity index (χ0n) is 13.5. The molecule has 5 heteroatoms. The number of ether oxygens (including phenoxy) is 1. The van der Waals surface area contributed by atoms with Crippen molar-refractivity contribution < 1.29 is 9.53 Å². The highest BCUT2D eigenvalue weighted by molar-refractivity contribution is 7.09. The van der Waals surface area contributed by atoms with E-state index >= 15 is 0 Å². The third-order valence-corrected chi connectivity index (χ3v) is 3.99. The van der Waals surface area contributed by atoms with E-state index in [2.05, 4.69) is 17.2 Å². The smallest absolute Gasteiger partial charge is 0.243 e. The van der Waals surface area contributed by atoms with E-state index in [-0.39, 0.29) is 5.91 Å². The van der Waals surface area contributed by atoms with E-state index in [1.807, 2.05) is 36.6 Å². The van der Waals surface area contributed by atoms with Gasteiger partial charge in [0.05, 0.1) is 10.7 Å². The molecule has 2 aromatic rings. The maximum absolute atomic E-state index is 11.7. The van der Waals surface area contributed by atoms with Gasteiger partial charge < -0.3 is 10.1 Å². The summed E-state index contributed by atoms with van der Waals surface area (Å²) in [6.07, 6.45) is 5.42. The maximum Gasteiger partial charge on any atom is 0.243 e. The molecule has 0 unspecified atom stereocenters. The molecule has 1 amide bonds. The molecule has 1 aromatic carbocycles. The zero-order chi connectivity index (χ0) is 16.5. The minimum absolute atomic E-state index is 0.0669. The van der Waals surface area contributed by atoms with Gasteiger partial charge in [0.1, 0.15) is 12.4 Å². The van der Waals surface area contributed by atoms with E-state index in [0.29, 0.717) is 6.61 Å².